The number of fused-ring (bicyclic) bond motifs is 3. The van der Waals surface area contributed by atoms with E-state index in [0.29, 0.717) is 5.92 Å². The number of rotatable bonds is 2. The van der Waals surface area contributed by atoms with E-state index in [4.69, 9.17) is 0 Å². The van der Waals surface area contributed by atoms with Crippen molar-refractivity contribution >= 4 is 17.2 Å². The predicted octanol–water partition coefficient (Wildman–Crippen LogP) is 6.43. The van der Waals surface area contributed by atoms with Crippen molar-refractivity contribution in [1.82, 2.24) is 0 Å². The zero-order valence-electron chi connectivity index (χ0n) is 14.3. The van der Waals surface area contributed by atoms with Crippen LogP contribution in [-0.4, -0.2) is 0 Å². The predicted molar refractivity (Wildman–Crippen MR) is 106 cm³/mol. The fourth-order valence-corrected chi connectivity index (χ4v) is 4.65. The molecule has 2 atom stereocenters. The van der Waals surface area contributed by atoms with Crippen molar-refractivity contribution in [3.63, 3.8) is 0 Å². The maximum Gasteiger partial charge on any atom is 0.0234 e. The van der Waals surface area contributed by atoms with Gasteiger partial charge in [-0.3, -0.25) is 0 Å². The molecule has 0 bridgehead atoms. The molecule has 3 aromatic carbocycles. The summed E-state index contributed by atoms with van der Waals surface area (Å²) < 4.78 is 0. The molecule has 120 valence electrons. The van der Waals surface area contributed by atoms with Gasteiger partial charge in [0.05, 0.1) is 0 Å². The second-order valence-electron chi connectivity index (χ2n) is 7.20. The third-order valence-corrected chi connectivity index (χ3v) is 5.76. The van der Waals surface area contributed by atoms with E-state index in [1.165, 1.54) is 33.4 Å². The van der Waals surface area contributed by atoms with E-state index in [1.54, 1.807) is 0 Å². The Morgan fingerprint density at radius 3 is 2.00 bits per heavy atom. The van der Waals surface area contributed by atoms with Crippen LogP contribution in [0.2, 0.25) is 0 Å². The van der Waals surface area contributed by atoms with Gasteiger partial charge in [-0.1, -0.05) is 104 Å². The second-order valence-corrected chi connectivity index (χ2v) is 7.20. The van der Waals surface area contributed by atoms with Gasteiger partial charge in [-0.25, -0.2) is 0 Å². The first kappa shape index (κ1) is 14.5. The van der Waals surface area contributed by atoms with Crippen molar-refractivity contribution in [1.29, 1.82) is 0 Å². The maximum atomic E-state index is 2.41. The lowest BCUT2D eigenvalue weighted by atomic mass is 9.50. The highest BCUT2D eigenvalue weighted by molar-refractivity contribution is 6.06. The summed E-state index contributed by atoms with van der Waals surface area (Å²) in [5.41, 5.74) is 8.48. The highest BCUT2D eigenvalue weighted by atomic mass is 14.5. The first-order valence-corrected chi connectivity index (χ1v) is 8.93. The lowest BCUT2D eigenvalue weighted by molar-refractivity contribution is 0.476. The summed E-state index contributed by atoms with van der Waals surface area (Å²) >= 11 is 0. The lowest BCUT2D eigenvalue weighted by Crippen LogP contribution is -2.38. The summed E-state index contributed by atoms with van der Waals surface area (Å²) in [6.45, 7) is 2.39. The summed E-state index contributed by atoms with van der Waals surface area (Å²) in [7, 11) is 0. The summed E-state index contributed by atoms with van der Waals surface area (Å²) in [6.07, 6.45) is 4.71. The Balaban J connectivity index is 1.80. The molecule has 0 heteroatoms. The first-order valence-electron chi connectivity index (χ1n) is 8.93. The molecule has 0 radical (unpaired) electrons. The molecule has 2 aliphatic carbocycles. The highest BCUT2D eigenvalue weighted by Crippen LogP contribution is 2.67. The van der Waals surface area contributed by atoms with E-state index >= 15 is 0 Å². The Bertz CT molecular complexity index is 992. The van der Waals surface area contributed by atoms with Gasteiger partial charge in [0.2, 0.25) is 0 Å². The van der Waals surface area contributed by atoms with E-state index in [-0.39, 0.29) is 5.41 Å². The van der Waals surface area contributed by atoms with Crippen molar-refractivity contribution in [2.45, 2.75) is 12.8 Å². The van der Waals surface area contributed by atoms with Gasteiger partial charge in [-0.15, -0.1) is 0 Å². The molecule has 3 aromatic rings. The Hall–Kier alpha value is -2.86. The maximum absolute atomic E-state index is 2.41. The van der Waals surface area contributed by atoms with Crippen LogP contribution in [0.5, 0.6) is 0 Å². The third kappa shape index (κ3) is 2.01. The molecule has 0 saturated heterocycles. The lowest BCUT2D eigenvalue weighted by Gasteiger charge is -2.52. The van der Waals surface area contributed by atoms with Crippen molar-refractivity contribution < 1.29 is 0 Å². The zero-order valence-corrected chi connectivity index (χ0v) is 14.3. The molecule has 0 aliphatic heterocycles. The van der Waals surface area contributed by atoms with E-state index in [2.05, 4.69) is 104 Å². The third-order valence-electron chi connectivity index (χ3n) is 5.76. The van der Waals surface area contributed by atoms with Crippen molar-refractivity contribution in [3.05, 3.63) is 113 Å². The van der Waals surface area contributed by atoms with Gasteiger partial charge < -0.3 is 0 Å². The van der Waals surface area contributed by atoms with Crippen molar-refractivity contribution in [2.75, 3.05) is 0 Å². The molecule has 2 aliphatic rings. The van der Waals surface area contributed by atoms with Crippen LogP contribution in [0.15, 0.2) is 91.0 Å². The Morgan fingerprint density at radius 1 is 0.680 bits per heavy atom. The van der Waals surface area contributed by atoms with E-state index < -0.39 is 0 Å². The van der Waals surface area contributed by atoms with E-state index in [9.17, 15) is 0 Å². The normalized spacial score (nSPS) is 23.6. The topological polar surface area (TPSA) is 0 Å². The Morgan fingerprint density at radius 2 is 1.28 bits per heavy atom. The number of hydrogen-bond acceptors (Lipinski definition) is 0. The minimum absolute atomic E-state index is 0.0564. The fraction of sp³-hybridized carbons (Fsp3) is 0.120. The highest BCUT2D eigenvalue weighted by Gasteiger charge is 2.51. The molecule has 0 aromatic heterocycles. The fourth-order valence-electron chi connectivity index (χ4n) is 4.65. The zero-order chi connectivity index (χ0) is 16.9. The van der Waals surface area contributed by atoms with Gasteiger partial charge in [0.15, 0.2) is 0 Å². The summed E-state index contributed by atoms with van der Waals surface area (Å²) in [4.78, 5) is 0. The molecule has 0 amide bonds. The van der Waals surface area contributed by atoms with Gasteiger partial charge in [0, 0.05) is 11.3 Å². The molecular weight excluding hydrogens is 300 g/mol. The van der Waals surface area contributed by atoms with E-state index in [1.807, 2.05) is 0 Å². The molecule has 0 saturated carbocycles. The first-order chi connectivity index (χ1) is 12.3. The van der Waals surface area contributed by atoms with Crippen molar-refractivity contribution in [2.24, 2.45) is 5.41 Å². The SMILES string of the molecule is CC12C=Cc3ccccc3C1C(c1ccccc1)=C2c1ccccc1. The number of allylic oxidation sites excluding steroid dienone is 3. The van der Waals surface area contributed by atoms with E-state index in [0.717, 1.165) is 0 Å². The van der Waals surface area contributed by atoms with Gasteiger partial charge in [0.25, 0.3) is 0 Å². The van der Waals surface area contributed by atoms with Crippen LogP contribution in [0.1, 0.15) is 35.1 Å². The minimum Gasteiger partial charge on any atom is -0.0726 e. The molecule has 5 rings (SSSR count). The monoisotopic (exact) mass is 320 g/mol. The average Bonchev–Trinajstić information content (AvgIpc) is 2.66. The molecule has 0 nitrogen and oxygen atoms in total. The van der Waals surface area contributed by atoms with Crippen molar-refractivity contribution in [3.8, 4) is 0 Å². The van der Waals surface area contributed by atoms with Gasteiger partial charge in [0.1, 0.15) is 0 Å². The molecular formula is C25H20. The number of hydrogen-bond donors (Lipinski definition) is 0. The molecule has 0 spiro atoms. The quantitative estimate of drug-likeness (QED) is 0.510. The number of benzene rings is 3. The summed E-state index contributed by atoms with van der Waals surface area (Å²) in [5, 5.41) is 0. The Kier molecular flexibility index (Phi) is 3.08. The van der Waals surface area contributed by atoms with Crippen LogP contribution in [0.25, 0.3) is 17.2 Å². The largest absolute Gasteiger partial charge is 0.0726 e. The van der Waals surface area contributed by atoms with Crippen LogP contribution in [0, 0.1) is 5.41 Å². The van der Waals surface area contributed by atoms with Gasteiger partial charge in [-0.05, 0) is 33.4 Å². The standard InChI is InChI=1S/C25H20/c1-25-17-16-18-10-8-9-15-21(18)24(25)22(19-11-4-2-5-12-19)23(25)20-13-6-3-7-14-20/h2-17,24H,1H3. The van der Waals surface area contributed by atoms with Crippen LogP contribution in [0.4, 0.5) is 0 Å². The molecule has 0 heterocycles. The molecule has 0 N–H and O–H groups in total. The minimum atomic E-state index is 0.0564. The van der Waals surface area contributed by atoms with Crippen LogP contribution < -0.4 is 0 Å². The summed E-state index contributed by atoms with van der Waals surface area (Å²) in [5.74, 6) is 0.423. The average molecular weight is 320 g/mol. The summed E-state index contributed by atoms with van der Waals surface area (Å²) in [6, 6.07) is 30.6. The second kappa shape index (κ2) is 5.32. The van der Waals surface area contributed by atoms with Gasteiger partial charge in [-0.2, -0.15) is 0 Å². The van der Waals surface area contributed by atoms with Crippen LogP contribution in [0.3, 0.4) is 0 Å². The smallest absolute Gasteiger partial charge is 0.0234 e. The molecule has 0 fully saturated rings. The van der Waals surface area contributed by atoms with Gasteiger partial charge >= 0.3 is 0 Å². The molecule has 2 unspecified atom stereocenters. The van der Waals surface area contributed by atoms with Crippen LogP contribution >= 0.6 is 0 Å². The Labute approximate surface area is 149 Å². The van der Waals surface area contributed by atoms with Crippen LogP contribution in [-0.2, 0) is 0 Å². The molecule has 25 heavy (non-hydrogen) atoms.